The summed E-state index contributed by atoms with van der Waals surface area (Å²) in [5.74, 6) is 0.0919. The van der Waals surface area contributed by atoms with Crippen molar-refractivity contribution in [2.45, 2.75) is 39.2 Å². The molecule has 0 aliphatic carbocycles. The van der Waals surface area contributed by atoms with Gasteiger partial charge in [-0.1, -0.05) is 36.7 Å². The molecule has 3 heteroatoms. The molecule has 88 valence electrons. The zero-order valence-electron chi connectivity index (χ0n) is 9.79. The van der Waals surface area contributed by atoms with Gasteiger partial charge in [0.2, 0.25) is 5.91 Å². The SMILES string of the molecule is CCC(C)NC(=O)CCc1ccccc1Cl. The van der Waals surface area contributed by atoms with Crippen LogP contribution in [0.5, 0.6) is 0 Å². The second kappa shape index (κ2) is 6.54. The maximum absolute atomic E-state index is 11.5. The van der Waals surface area contributed by atoms with Crippen molar-refractivity contribution >= 4 is 17.5 Å². The molecule has 1 aromatic carbocycles. The van der Waals surface area contributed by atoms with Gasteiger partial charge in [-0.3, -0.25) is 4.79 Å². The van der Waals surface area contributed by atoms with Crippen molar-refractivity contribution in [1.82, 2.24) is 5.32 Å². The van der Waals surface area contributed by atoms with Crippen LogP contribution in [-0.2, 0) is 11.2 Å². The quantitative estimate of drug-likeness (QED) is 0.840. The van der Waals surface area contributed by atoms with E-state index in [1.807, 2.05) is 31.2 Å². The Bertz CT molecular complexity index is 352. The van der Waals surface area contributed by atoms with Gasteiger partial charge < -0.3 is 5.32 Å². The van der Waals surface area contributed by atoms with E-state index in [0.717, 1.165) is 17.0 Å². The van der Waals surface area contributed by atoms with E-state index < -0.39 is 0 Å². The van der Waals surface area contributed by atoms with Crippen LogP contribution >= 0.6 is 11.6 Å². The maximum atomic E-state index is 11.5. The summed E-state index contributed by atoms with van der Waals surface area (Å²) in [5.41, 5.74) is 1.03. The van der Waals surface area contributed by atoms with Gasteiger partial charge in [0, 0.05) is 17.5 Å². The Kier molecular flexibility index (Phi) is 5.33. The van der Waals surface area contributed by atoms with Crippen LogP contribution in [0.25, 0.3) is 0 Å². The second-order valence-electron chi connectivity index (χ2n) is 3.97. The number of hydrogen-bond donors (Lipinski definition) is 1. The highest BCUT2D eigenvalue weighted by Gasteiger charge is 2.06. The minimum Gasteiger partial charge on any atom is -0.354 e. The van der Waals surface area contributed by atoms with Crippen LogP contribution in [0.4, 0.5) is 0 Å². The number of aryl methyl sites for hydroxylation is 1. The highest BCUT2D eigenvalue weighted by Crippen LogP contribution is 2.16. The van der Waals surface area contributed by atoms with E-state index in [2.05, 4.69) is 12.2 Å². The first-order valence-electron chi connectivity index (χ1n) is 5.66. The average molecular weight is 240 g/mol. The minimum absolute atomic E-state index is 0.0919. The van der Waals surface area contributed by atoms with Crippen LogP contribution in [0.15, 0.2) is 24.3 Å². The first-order valence-corrected chi connectivity index (χ1v) is 6.04. The van der Waals surface area contributed by atoms with E-state index in [9.17, 15) is 4.79 Å². The Morgan fingerprint density at radius 1 is 1.44 bits per heavy atom. The van der Waals surface area contributed by atoms with Crippen LogP contribution in [0, 0.1) is 0 Å². The van der Waals surface area contributed by atoms with E-state index in [4.69, 9.17) is 11.6 Å². The lowest BCUT2D eigenvalue weighted by atomic mass is 10.1. The molecule has 1 rings (SSSR count). The van der Waals surface area contributed by atoms with Gasteiger partial charge in [0.05, 0.1) is 0 Å². The number of benzene rings is 1. The van der Waals surface area contributed by atoms with Crippen LogP contribution in [0.1, 0.15) is 32.3 Å². The molecule has 0 spiro atoms. The third kappa shape index (κ3) is 4.23. The van der Waals surface area contributed by atoms with Gasteiger partial charge in [0.25, 0.3) is 0 Å². The Balaban J connectivity index is 2.40. The summed E-state index contributed by atoms with van der Waals surface area (Å²) in [5, 5.41) is 3.67. The number of halogens is 1. The average Bonchev–Trinajstić information content (AvgIpc) is 2.28. The number of nitrogens with one attached hydrogen (secondary N) is 1. The third-order valence-corrected chi connectivity index (χ3v) is 2.97. The maximum Gasteiger partial charge on any atom is 0.220 e. The van der Waals surface area contributed by atoms with Gasteiger partial charge in [-0.25, -0.2) is 0 Å². The molecule has 0 fully saturated rings. The highest BCUT2D eigenvalue weighted by molar-refractivity contribution is 6.31. The zero-order chi connectivity index (χ0) is 12.0. The Morgan fingerprint density at radius 2 is 2.12 bits per heavy atom. The number of amides is 1. The molecule has 0 aromatic heterocycles. The standard InChI is InChI=1S/C13H18ClNO/c1-3-10(2)15-13(16)9-8-11-6-4-5-7-12(11)14/h4-7,10H,3,8-9H2,1-2H3,(H,15,16). The Morgan fingerprint density at radius 3 is 2.75 bits per heavy atom. The fraction of sp³-hybridized carbons (Fsp3) is 0.462. The normalized spacial score (nSPS) is 12.2. The van der Waals surface area contributed by atoms with Crippen LogP contribution in [-0.4, -0.2) is 11.9 Å². The molecule has 1 amide bonds. The molecule has 16 heavy (non-hydrogen) atoms. The molecule has 1 atom stereocenters. The van der Waals surface area contributed by atoms with Gasteiger partial charge in [0.1, 0.15) is 0 Å². The summed E-state index contributed by atoms with van der Waals surface area (Å²) in [4.78, 5) is 11.5. The molecule has 0 heterocycles. The van der Waals surface area contributed by atoms with Crippen LogP contribution in [0.2, 0.25) is 5.02 Å². The molecule has 2 nitrogen and oxygen atoms in total. The predicted octanol–water partition coefficient (Wildman–Crippen LogP) is 3.19. The van der Waals surface area contributed by atoms with Crippen LogP contribution < -0.4 is 5.32 Å². The minimum atomic E-state index is 0.0919. The molecular formula is C13H18ClNO. The molecule has 1 aromatic rings. The first kappa shape index (κ1) is 13.0. The molecule has 0 saturated heterocycles. The molecular weight excluding hydrogens is 222 g/mol. The summed E-state index contributed by atoms with van der Waals surface area (Å²) >= 11 is 6.01. The van der Waals surface area contributed by atoms with Gasteiger partial charge in [-0.05, 0) is 31.4 Å². The number of hydrogen-bond acceptors (Lipinski definition) is 1. The predicted molar refractivity (Wildman–Crippen MR) is 67.7 cm³/mol. The molecule has 0 aliphatic rings. The summed E-state index contributed by atoms with van der Waals surface area (Å²) in [7, 11) is 0. The first-order chi connectivity index (χ1) is 7.63. The van der Waals surface area contributed by atoms with Crippen molar-refractivity contribution in [1.29, 1.82) is 0 Å². The number of carbonyl (C=O) groups excluding carboxylic acids is 1. The highest BCUT2D eigenvalue weighted by atomic mass is 35.5. The van der Waals surface area contributed by atoms with Crippen molar-refractivity contribution in [3.05, 3.63) is 34.9 Å². The topological polar surface area (TPSA) is 29.1 Å². The van der Waals surface area contributed by atoms with Gasteiger partial charge in [-0.15, -0.1) is 0 Å². The molecule has 0 bridgehead atoms. The summed E-state index contributed by atoms with van der Waals surface area (Å²) in [6.07, 6.45) is 2.15. The van der Waals surface area contributed by atoms with Gasteiger partial charge in [0.15, 0.2) is 0 Å². The van der Waals surface area contributed by atoms with E-state index in [-0.39, 0.29) is 11.9 Å². The second-order valence-corrected chi connectivity index (χ2v) is 4.38. The van der Waals surface area contributed by atoms with E-state index in [1.165, 1.54) is 0 Å². The van der Waals surface area contributed by atoms with Gasteiger partial charge >= 0.3 is 0 Å². The molecule has 0 saturated carbocycles. The smallest absolute Gasteiger partial charge is 0.220 e. The Hall–Kier alpha value is -1.02. The van der Waals surface area contributed by atoms with Gasteiger partial charge in [-0.2, -0.15) is 0 Å². The molecule has 1 N–H and O–H groups in total. The Labute approximate surface area is 102 Å². The molecule has 1 unspecified atom stereocenters. The van der Waals surface area contributed by atoms with Crippen molar-refractivity contribution in [2.24, 2.45) is 0 Å². The lowest BCUT2D eigenvalue weighted by Crippen LogP contribution is -2.32. The van der Waals surface area contributed by atoms with E-state index >= 15 is 0 Å². The summed E-state index contributed by atoms with van der Waals surface area (Å²) in [6, 6.07) is 7.89. The fourth-order valence-electron chi connectivity index (χ4n) is 1.40. The van der Waals surface area contributed by atoms with Crippen molar-refractivity contribution in [3.8, 4) is 0 Å². The van der Waals surface area contributed by atoms with Crippen molar-refractivity contribution < 1.29 is 4.79 Å². The van der Waals surface area contributed by atoms with E-state index in [0.29, 0.717) is 12.8 Å². The zero-order valence-corrected chi connectivity index (χ0v) is 10.6. The summed E-state index contributed by atoms with van der Waals surface area (Å²) in [6.45, 7) is 4.06. The number of carbonyl (C=O) groups is 1. The fourth-order valence-corrected chi connectivity index (χ4v) is 1.63. The lowest BCUT2D eigenvalue weighted by Gasteiger charge is -2.11. The van der Waals surface area contributed by atoms with Crippen molar-refractivity contribution in [2.75, 3.05) is 0 Å². The lowest BCUT2D eigenvalue weighted by molar-refractivity contribution is -0.121. The van der Waals surface area contributed by atoms with E-state index in [1.54, 1.807) is 0 Å². The molecule has 0 aliphatic heterocycles. The number of rotatable bonds is 5. The van der Waals surface area contributed by atoms with Crippen LogP contribution in [0.3, 0.4) is 0 Å². The molecule has 0 radical (unpaired) electrons. The largest absolute Gasteiger partial charge is 0.354 e. The monoisotopic (exact) mass is 239 g/mol. The third-order valence-electron chi connectivity index (χ3n) is 2.60. The van der Waals surface area contributed by atoms with Crippen molar-refractivity contribution in [3.63, 3.8) is 0 Å². The summed E-state index contributed by atoms with van der Waals surface area (Å²) < 4.78 is 0.